The zero-order valence-corrected chi connectivity index (χ0v) is 16.1. The second-order valence-electron chi connectivity index (χ2n) is 6.42. The average molecular weight is 395 g/mol. The predicted molar refractivity (Wildman–Crippen MR) is 100 cm³/mol. The Bertz CT molecular complexity index is 973. The Morgan fingerprint density at radius 2 is 1.56 bits per heavy atom. The van der Waals surface area contributed by atoms with Gasteiger partial charge in [-0.3, -0.25) is 0 Å². The van der Waals surface area contributed by atoms with E-state index in [1.165, 1.54) is 40.2 Å². The Kier molecular flexibility index (Phi) is 5.54. The second-order valence-corrected chi connectivity index (χ2v) is 6.42. The van der Waals surface area contributed by atoms with Crippen molar-refractivity contribution in [3.05, 3.63) is 78.6 Å². The number of aryl methyl sites for hydroxylation is 1. The molecule has 0 saturated carbocycles. The number of unbranched alkanes of at least 4 members (excludes halogenated alkanes) is 1. The molecule has 0 aliphatic carbocycles. The molecule has 0 bridgehead atoms. The van der Waals surface area contributed by atoms with Crippen LogP contribution in [0.5, 0.6) is 0 Å². The van der Waals surface area contributed by atoms with E-state index in [1.54, 1.807) is 0 Å². The van der Waals surface area contributed by atoms with Gasteiger partial charge in [-0.2, -0.15) is 4.57 Å². The summed E-state index contributed by atoms with van der Waals surface area (Å²) in [7, 11) is 0. The standard InChI is InChI=1S/C22H23N2.BrH/c1-2-3-14-24-21-12-8-7-11-19(21)20-13-15-23(17-22(20)24)16-18-9-5-4-6-10-18;/h4-13,15,17H,2-3,14,16H2,1H3;1H/q+1;/p-1. The van der Waals surface area contributed by atoms with Crippen LogP contribution in [0.2, 0.25) is 0 Å². The zero-order valence-electron chi connectivity index (χ0n) is 14.5. The summed E-state index contributed by atoms with van der Waals surface area (Å²) in [5.41, 5.74) is 4.01. The molecule has 25 heavy (non-hydrogen) atoms. The molecule has 2 nitrogen and oxygen atoms in total. The van der Waals surface area contributed by atoms with E-state index in [0.717, 1.165) is 13.1 Å². The first-order valence-corrected chi connectivity index (χ1v) is 8.81. The number of pyridine rings is 1. The van der Waals surface area contributed by atoms with Gasteiger partial charge in [0, 0.05) is 34.5 Å². The summed E-state index contributed by atoms with van der Waals surface area (Å²) in [6, 6.07) is 21.7. The van der Waals surface area contributed by atoms with Crippen LogP contribution in [0.25, 0.3) is 21.8 Å². The maximum atomic E-state index is 2.48. The van der Waals surface area contributed by atoms with Crippen molar-refractivity contribution in [3.8, 4) is 0 Å². The van der Waals surface area contributed by atoms with E-state index >= 15 is 0 Å². The van der Waals surface area contributed by atoms with Crippen molar-refractivity contribution in [2.75, 3.05) is 0 Å². The Morgan fingerprint density at radius 3 is 2.36 bits per heavy atom. The first kappa shape index (κ1) is 17.7. The number of hydrogen-bond donors (Lipinski definition) is 0. The van der Waals surface area contributed by atoms with Crippen molar-refractivity contribution in [1.82, 2.24) is 4.57 Å². The monoisotopic (exact) mass is 394 g/mol. The first-order chi connectivity index (χ1) is 11.9. The minimum Gasteiger partial charge on any atom is -1.00 e. The number of aromatic nitrogens is 2. The SMILES string of the molecule is CCCCn1c2ccccc2c2cc[n+](Cc3ccccc3)cc21.[Br-]. The van der Waals surface area contributed by atoms with Gasteiger partial charge in [0.05, 0.1) is 0 Å². The second kappa shape index (κ2) is 7.83. The zero-order chi connectivity index (χ0) is 16.4. The lowest BCUT2D eigenvalue weighted by molar-refractivity contribution is -0.687. The van der Waals surface area contributed by atoms with E-state index in [0.29, 0.717) is 0 Å². The lowest BCUT2D eigenvalue weighted by atomic mass is 10.2. The molecular weight excluding hydrogens is 372 g/mol. The van der Waals surface area contributed by atoms with Crippen LogP contribution < -0.4 is 21.5 Å². The smallest absolute Gasteiger partial charge is 0.193 e. The molecule has 0 saturated heterocycles. The normalized spacial score (nSPS) is 10.9. The molecule has 0 N–H and O–H groups in total. The van der Waals surface area contributed by atoms with E-state index in [9.17, 15) is 0 Å². The van der Waals surface area contributed by atoms with Gasteiger partial charge in [0.1, 0.15) is 5.52 Å². The van der Waals surface area contributed by atoms with Crippen LogP contribution in [0.15, 0.2) is 73.1 Å². The minimum atomic E-state index is 0. The fraction of sp³-hybridized carbons (Fsp3) is 0.227. The van der Waals surface area contributed by atoms with Gasteiger partial charge in [0.15, 0.2) is 18.9 Å². The topological polar surface area (TPSA) is 8.81 Å². The van der Waals surface area contributed by atoms with Crippen molar-refractivity contribution in [2.45, 2.75) is 32.9 Å². The van der Waals surface area contributed by atoms with Crippen LogP contribution in [-0.2, 0) is 13.1 Å². The summed E-state index contributed by atoms with van der Waals surface area (Å²) < 4.78 is 4.77. The molecule has 0 spiro atoms. The van der Waals surface area contributed by atoms with Crippen LogP contribution in [0.4, 0.5) is 0 Å². The number of hydrogen-bond acceptors (Lipinski definition) is 0. The highest BCUT2D eigenvalue weighted by atomic mass is 79.9. The fourth-order valence-corrected chi connectivity index (χ4v) is 3.48. The Balaban J connectivity index is 0.00000182. The van der Waals surface area contributed by atoms with Gasteiger partial charge in [0.25, 0.3) is 0 Å². The lowest BCUT2D eigenvalue weighted by Crippen LogP contribution is -3.00. The Hall–Kier alpha value is -2.13. The summed E-state index contributed by atoms with van der Waals surface area (Å²) in [5, 5.41) is 2.71. The van der Waals surface area contributed by atoms with Gasteiger partial charge >= 0.3 is 0 Å². The molecular formula is C22H23BrN2. The highest BCUT2D eigenvalue weighted by molar-refractivity contribution is 6.07. The maximum absolute atomic E-state index is 2.48. The number of nitrogens with zero attached hydrogens (tertiary/aromatic N) is 2. The molecule has 4 rings (SSSR count). The fourth-order valence-electron chi connectivity index (χ4n) is 3.48. The maximum Gasteiger partial charge on any atom is 0.193 e. The largest absolute Gasteiger partial charge is 1.00 e. The molecule has 2 aromatic heterocycles. The molecule has 0 unspecified atom stereocenters. The van der Waals surface area contributed by atoms with Crippen LogP contribution in [0.1, 0.15) is 25.3 Å². The van der Waals surface area contributed by atoms with Crippen molar-refractivity contribution in [1.29, 1.82) is 0 Å². The van der Waals surface area contributed by atoms with Gasteiger partial charge in [0.2, 0.25) is 0 Å². The van der Waals surface area contributed by atoms with Crippen LogP contribution in [0, 0.1) is 0 Å². The molecule has 0 radical (unpaired) electrons. The Morgan fingerprint density at radius 1 is 0.840 bits per heavy atom. The average Bonchev–Trinajstić information content (AvgIpc) is 2.94. The van der Waals surface area contributed by atoms with E-state index in [4.69, 9.17) is 0 Å². The molecule has 0 fully saturated rings. The van der Waals surface area contributed by atoms with E-state index in [-0.39, 0.29) is 17.0 Å². The van der Waals surface area contributed by atoms with Crippen molar-refractivity contribution >= 4 is 21.8 Å². The van der Waals surface area contributed by atoms with Crippen molar-refractivity contribution < 1.29 is 21.5 Å². The van der Waals surface area contributed by atoms with Crippen molar-refractivity contribution in [3.63, 3.8) is 0 Å². The van der Waals surface area contributed by atoms with Crippen molar-refractivity contribution in [2.24, 2.45) is 0 Å². The number of rotatable bonds is 5. The highest BCUT2D eigenvalue weighted by Crippen LogP contribution is 2.28. The molecule has 128 valence electrons. The summed E-state index contributed by atoms with van der Waals surface area (Å²) in [4.78, 5) is 0. The molecule has 2 aromatic carbocycles. The predicted octanol–water partition coefficient (Wildman–Crippen LogP) is 1.93. The summed E-state index contributed by atoms with van der Waals surface area (Å²) in [5.74, 6) is 0. The molecule has 0 aliphatic rings. The molecule has 3 heteroatoms. The highest BCUT2D eigenvalue weighted by Gasteiger charge is 2.14. The van der Waals surface area contributed by atoms with Gasteiger partial charge in [-0.25, -0.2) is 0 Å². The number of fused-ring (bicyclic) bond motifs is 3. The van der Waals surface area contributed by atoms with E-state index < -0.39 is 0 Å². The van der Waals surface area contributed by atoms with Gasteiger partial charge in [-0.15, -0.1) is 0 Å². The molecule has 0 atom stereocenters. The number of para-hydroxylation sites is 1. The first-order valence-electron chi connectivity index (χ1n) is 8.81. The van der Waals surface area contributed by atoms with E-state index in [1.807, 2.05) is 0 Å². The summed E-state index contributed by atoms with van der Waals surface area (Å²) >= 11 is 0. The Labute approximate surface area is 159 Å². The third-order valence-electron chi connectivity index (χ3n) is 4.72. The molecule has 2 heterocycles. The number of halogens is 1. The van der Waals surface area contributed by atoms with E-state index in [2.05, 4.69) is 89.1 Å². The third-order valence-corrected chi connectivity index (χ3v) is 4.72. The molecule has 4 aromatic rings. The van der Waals surface area contributed by atoms with Gasteiger partial charge < -0.3 is 21.5 Å². The number of benzene rings is 2. The third kappa shape index (κ3) is 3.47. The lowest BCUT2D eigenvalue weighted by Gasteiger charge is -2.05. The van der Waals surface area contributed by atoms with Gasteiger partial charge in [-0.1, -0.05) is 61.9 Å². The summed E-state index contributed by atoms with van der Waals surface area (Å²) in [6.45, 7) is 4.24. The molecule has 0 amide bonds. The minimum absolute atomic E-state index is 0. The van der Waals surface area contributed by atoms with Crippen LogP contribution in [0.3, 0.4) is 0 Å². The summed E-state index contributed by atoms with van der Waals surface area (Å²) in [6.07, 6.45) is 6.93. The molecule has 0 aliphatic heterocycles. The van der Waals surface area contributed by atoms with Crippen LogP contribution in [-0.4, -0.2) is 4.57 Å². The van der Waals surface area contributed by atoms with Crippen LogP contribution >= 0.6 is 0 Å². The quantitative estimate of drug-likeness (QED) is 0.457. The van der Waals surface area contributed by atoms with Gasteiger partial charge in [-0.05, 0) is 12.5 Å².